The maximum Gasteiger partial charge on any atom is 0.246 e. The summed E-state index contributed by atoms with van der Waals surface area (Å²) in [6.07, 6.45) is 5.79. The van der Waals surface area contributed by atoms with Crippen LogP contribution in [-0.4, -0.2) is 21.4 Å². The van der Waals surface area contributed by atoms with E-state index in [2.05, 4.69) is 15.3 Å². The van der Waals surface area contributed by atoms with Crippen molar-refractivity contribution in [3.63, 3.8) is 0 Å². The summed E-state index contributed by atoms with van der Waals surface area (Å²) < 4.78 is 0. The van der Waals surface area contributed by atoms with Gasteiger partial charge in [-0.25, -0.2) is 4.98 Å². The molecule has 70 valence electrons. The van der Waals surface area contributed by atoms with Crippen LogP contribution in [0.3, 0.4) is 0 Å². The number of carbonyl (C=O) groups excluding carboxylic acids is 1. The van der Waals surface area contributed by atoms with Gasteiger partial charge in [0.25, 0.3) is 0 Å². The van der Waals surface area contributed by atoms with Crippen molar-refractivity contribution in [2.45, 2.75) is 24.8 Å². The highest BCUT2D eigenvalue weighted by atomic mass is 16.2. The molecule has 5 heteroatoms. The quantitative estimate of drug-likeness (QED) is 0.609. The monoisotopic (exact) mass is 180 g/mol. The molecular formula is C8H12N4O. The molecule has 1 amide bonds. The van der Waals surface area contributed by atoms with Crippen LogP contribution < -0.4 is 11.1 Å². The van der Waals surface area contributed by atoms with Crippen molar-refractivity contribution in [1.82, 2.24) is 9.97 Å². The molecule has 1 fully saturated rings. The maximum atomic E-state index is 11.5. The Hall–Kier alpha value is -1.36. The summed E-state index contributed by atoms with van der Waals surface area (Å²) in [4.78, 5) is 18.2. The van der Waals surface area contributed by atoms with E-state index in [9.17, 15) is 4.79 Å². The van der Waals surface area contributed by atoms with Crippen molar-refractivity contribution >= 4 is 11.9 Å². The molecule has 2 rings (SSSR count). The Morgan fingerprint density at radius 2 is 2.46 bits per heavy atom. The highest BCUT2D eigenvalue weighted by molar-refractivity contribution is 5.97. The molecular weight excluding hydrogens is 168 g/mol. The largest absolute Gasteiger partial charge is 0.331 e. The van der Waals surface area contributed by atoms with Crippen LogP contribution >= 0.6 is 0 Å². The molecule has 0 aliphatic heterocycles. The van der Waals surface area contributed by atoms with Crippen LogP contribution in [0.1, 0.15) is 19.3 Å². The number of hydrogen-bond donors (Lipinski definition) is 3. The van der Waals surface area contributed by atoms with Crippen LogP contribution in [0.2, 0.25) is 0 Å². The number of aromatic amines is 1. The minimum absolute atomic E-state index is 0.145. The van der Waals surface area contributed by atoms with E-state index in [1.165, 1.54) is 0 Å². The normalized spacial score (nSPS) is 19.2. The lowest BCUT2D eigenvalue weighted by Gasteiger charge is -2.35. The van der Waals surface area contributed by atoms with Gasteiger partial charge < -0.3 is 10.7 Å². The summed E-state index contributed by atoms with van der Waals surface area (Å²) in [5, 5.41) is 2.63. The second-order valence-corrected chi connectivity index (χ2v) is 3.40. The fourth-order valence-corrected chi connectivity index (χ4v) is 1.35. The van der Waals surface area contributed by atoms with Gasteiger partial charge in [0.2, 0.25) is 11.9 Å². The number of hydrogen-bond acceptors (Lipinski definition) is 3. The maximum absolute atomic E-state index is 11.5. The zero-order valence-electron chi connectivity index (χ0n) is 7.21. The van der Waals surface area contributed by atoms with Crippen LogP contribution in [0, 0.1) is 0 Å². The summed E-state index contributed by atoms with van der Waals surface area (Å²) >= 11 is 0. The minimum atomic E-state index is -0.660. The first-order valence-electron chi connectivity index (χ1n) is 4.30. The van der Waals surface area contributed by atoms with Crippen LogP contribution in [0.15, 0.2) is 12.4 Å². The van der Waals surface area contributed by atoms with E-state index in [1.807, 2.05) is 0 Å². The first kappa shape index (κ1) is 8.25. The Morgan fingerprint density at radius 1 is 1.69 bits per heavy atom. The molecule has 13 heavy (non-hydrogen) atoms. The van der Waals surface area contributed by atoms with Gasteiger partial charge in [-0.3, -0.25) is 10.1 Å². The third-order valence-electron chi connectivity index (χ3n) is 2.43. The summed E-state index contributed by atoms with van der Waals surface area (Å²) in [7, 11) is 0. The molecule has 4 N–H and O–H groups in total. The summed E-state index contributed by atoms with van der Waals surface area (Å²) in [5.41, 5.74) is 5.15. The number of nitrogens with two attached hydrogens (primary N) is 1. The smallest absolute Gasteiger partial charge is 0.246 e. The van der Waals surface area contributed by atoms with Gasteiger partial charge in [-0.15, -0.1) is 0 Å². The van der Waals surface area contributed by atoms with E-state index in [0.717, 1.165) is 19.3 Å². The Balaban J connectivity index is 1.99. The standard InChI is InChI=1S/C8H12N4O/c9-8(2-1-3-8)6(13)12-7-10-4-5-11-7/h4-5H,1-3,9H2,(H2,10,11,12,13). The van der Waals surface area contributed by atoms with Gasteiger partial charge in [0, 0.05) is 12.4 Å². The number of nitrogens with zero attached hydrogens (tertiary/aromatic N) is 1. The SMILES string of the molecule is NC1(C(=O)Nc2ncc[nH]2)CCC1. The van der Waals surface area contributed by atoms with Gasteiger partial charge in [-0.2, -0.15) is 0 Å². The zero-order valence-corrected chi connectivity index (χ0v) is 7.21. The average Bonchev–Trinajstić information content (AvgIpc) is 2.52. The van der Waals surface area contributed by atoms with E-state index < -0.39 is 5.54 Å². The zero-order chi connectivity index (χ0) is 9.31. The minimum Gasteiger partial charge on any atom is -0.331 e. The molecule has 0 unspecified atom stereocenters. The van der Waals surface area contributed by atoms with Crippen molar-refractivity contribution in [3.05, 3.63) is 12.4 Å². The first-order valence-corrected chi connectivity index (χ1v) is 4.30. The summed E-state index contributed by atoms with van der Waals surface area (Å²) in [5.74, 6) is 0.315. The fourth-order valence-electron chi connectivity index (χ4n) is 1.35. The van der Waals surface area contributed by atoms with Crippen molar-refractivity contribution in [2.75, 3.05) is 5.32 Å². The van der Waals surface area contributed by atoms with Gasteiger partial charge in [0.15, 0.2) is 0 Å². The molecule has 0 aromatic carbocycles. The highest BCUT2D eigenvalue weighted by Crippen LogP contribution is 2.29. The second kappa shape index (κ2) is 2.85. The summed E-state index contributed by atoms with van der Waals surface area (Å²) in [6.45, 7) is 0. The third-order valence-corrected chi connectivity index (χ3v) is 2.43. The molecule has 1 saturated carbocycles. The van der Waals surface area contributed by atoms with Crippen LogP contribution in [0.4, 0.5) is 5.95 Å². The number of nitrogens with one attached hydrogen (secondary N) is 2. The predicted molar refractivity (Wildman–Crippen MR) is 48.0 cm³/mol. The first-order chi connectivity index (χ1) is 6.21. The van der Waals surface area contributed by atoms with Crippen molar-refractivity contribution < 1.29 is 4.79 Å². The molecule has 0 bridgehead atoms. The van der Waals surface area contributed by atoms with Crippen molar-refractivity contribution in [2.24, 2.45) is 5.73 Å². The predicted octanol–water partition coefficient (Wildman–Crippen LogP) is 0.230. The number of imidazole rings is 1. The van der Waals surface area contributed by atoms with E-state index in [-0.39, 0.29) is 5.91 Å². The Morgan fingerprint density at radius 3 is 2.92 bits per heavy atom. The fraction of sp³-hybridized carbons (Fsp3) is 0.500. The molecule has 5 nitrogen and oxygen atoms in total. The van der Waals surface area contributed by atoms with Gasteiger partial charge in [-0.1, -0.05) is 0 Å². The van der Waals surface area contributed by atoms with Crippen LogP contribution in [-0.2, 0) is 4.79 Å². The van der Waals surface area contributed by atoms with Gasteiger partial charge in [-0.05, 0) is 19.3 Å². The van der Waals surface area contributed by atoms with E-state index >= 15 is 0 Å². The second-order valence-electron chi connectivity index (χ2n) is 3.40. The molecule has 1 aliphatic rings. The average molecular weight is 180 g/mol. The molecule has 0 atom stereocenters. The van der Waals surface area contributed by atoms with Crippen LogP contribution in [0.5, 0.6) is 0 Å². The number of aromatic nitrogens is 2. The third kappa shape index (κ3) is 1.42. The Labute approximate surface area is 75.7 Å². The Kier molecular flexibility index (Phi) is 1.81. The molecule has 1 aromatic heterocycles. The lowest BCUT2D eigenvalue weighted by atomic mass is 9.77. The van der Waals surface area contributed by atoms with Gasteiger partial charge >= 0.3 is 0 Å². The number of rotatable bonds is 2. The van der Waals surface area contributed by atoms with Gasteiger partial charge in [0.1, 0.15) is 0 Å². The van der Waals surface area contributed by atoms with E-state index in [4.69, 9.17) is 5.73 Å². The number of anilines is 1. The van der Waals surface area contributed by atoms with Crippen molar-refractivity contribution in [3.8, 4) is 0 Å². The van der Waals surface area contributed by atoms with E-state index in [0.29, 0.717) is 5.95 Å². The molecule has 1 aliphatic carbocycles. The molecule has 0 saturated heterocycles. The van der Waals surface area contributed by atoms with E-state index in [1.54, 1.807) is 12.4 Å². The van der Waals surface area contributed by atoms with Crippen molar-refractivity contribution in [1.29, 1.82) is 0 Å². The number of H-pyrrole nitrogens is 1. The summed E-state index contributed by atoms with van der Waals surface area (Å²) in [6, 6.07) is 0. The molecule has 1 aromatic rings. The topological polar surface area (TPSA) is 83.8 Å². The molecule has 1 heterocycles. The highest BCUT2D eigenvalue weighted by Gasteiger charge is 2.40. The van der Waals surface area contributed by atoms with Gasteiger partial charge in [0.05, 0.1) is 5.54 Å². The van der Waals surface area contributed by atoms with Crippen LogP contribution in [0.25, 0.3) is 0 Å². The number of carbonyl (C=O) groups is 1. The molecule has 0 radical (unpaired) electrons. The number of amides is 1. The lowest BCUT2D eigenvalue weighted by Crippen LogP contribution is -2.56. The Bertz CT molecular complexity index is 302. The lowest BCUT2D eigenvalue weighted by molar-refractivity contribution is -0.123. The molecule has 0 spiro atoms.